The second-order valence-corrected chi connectivity index (χ2v) is 9.29. The number of fused-ring (bicyclic) bond motifs is 1. The molecule has 1 fully saturated rings. The number of carbonyl (C=O) groups is 2. The third-order valence-electron chi connectivity index (χ3n) is 6.48. The monoisotopic (exact) mass is 486 g/mol. The molecular weight excluding hydrogens is 448 g/mol. The predicted molar refractivity (Wildman–Crippen MR) is 134 cm³/mol. The molecule has 1 atom stereocenters. The number of morpholine rings is 1. The molecule has 0 N–H and O–H groups in total. The molecule has 3 rings (SSSR count). The molecule has 0 spiro atoms. The smallest absolute Gasteiger partial charge is 0.305 e. The van der Waals surface area contributed by atoms with E-state index in [1.807, 2.05) is 43.9 Å². The van der Waals surface area contributed by atoms with Gasteiger partial charge in [-0.1, -0.05) is 26.0 Å². The van der Waals surface area contributed by atoms with Crippen molar-refractivity contribution in [2.45, 2.75) is 52.6 Å². The van der Waals surface area contributed by atoms with E-state index in [1.54, 1.807) is 10.6 Å². The van der Waals surface area contributed by atoms with Crippen LogP contribution in [0.1, 0.15) is 51.9 Å². The first kappa shape index (κ1) is 26.8. The summed E-state index contributed by atoms with van der Waals surface area (Å²) in [5.41, 5.74) is 0.446. The van der Waals surface area contributed by atoms with Crippen LogP contribution in [0.3, 0.4) is 0 Å². The van der Waals surface area contributed by atoms with E-state index in [0.29, 0.717) is 36.2 Å². The quantitative estimate of drug-likeness (QED) is 0.451. The van der Waals surface area contributed by atoms with Crippen molar-refractivity contribution in [1.82, 2.24) is 19.4 Å². The minimum absolute atomic E-state index is 0.0306. The lowest BCUT2D eigenvalue weighted by atomic mass is 10.1. The van der Waals surface area contributed by atoms with Crippen molar-refractivity contribution in [3.05, 3.63) is 40.4 Å². The molecule has 1 unspecified atom stereocenters. The second-order valence-electron chi connectivity index (χ2n) is 9.29. The average Bonchev–Trinajstić information content (AvgIpc) is 2.87. The van der Waals surface area contributed by atoms with E-state index < -0.39 is 6.04 Å². The molecule has 192 valence electrons. The first-order valence-electron chi connectivity index (χ1n) is 12.5. The molecule has 9 heteroatoms. The van der Waals surface area contributed by atoms with Crippen LogP contribution < -0.4 is 5.56 Å². The molecule has 2 heterocycles. The SMILES string of the molecule is COC(=O)CCCn1c(C(C)N(CCCN2CCOCC2)C(=O)C(C)C)nc2ccccc2c1=O. The number of hydrogen-bond donors (Lipinski definition) is 0. The summed E-state index contributed by atoms with van der Waals surface area (Å²) < 4.78 is 11.8. The van der Waals surface area contributed by atoms with Gasteiger partial charge in [0.1, 0.15) is 5.82 Å². The van der Waals surface area contributed by atoms with Crippen molar-refractivity contribution >= 4 is 22.8 Å². The molecule has 0 radical (unpaired) electrons. The van der Waals surface area contributed by atoms with E-state index in [4.69, 9.17) is 14.5 Å². The van der Waals surface area contributed by atoms with Crippen molar-refractivity contribution < 1.29 is 19.1 Å². The van der Waals surface area contributed by atoms with Crippen LogP contribution >= 0.6 is 0 Å². The molecule has 1 aromatic carbocycles. The highest BCUT2D eigenvalue weighted by atomic mass is 16.5. The minimum Gasteiger partial charge on any atom is -0.469 e. The summed E-state index contributed by atoms with van der Waals surface area (Å²) >= 11 is 0. The number of rotatable bonds is 11. The molecular formula is C26H38N4O5. The summed E-state index contributed by atoms with van der Waals surface area (Å²) in [4.78, 5) is 47.4. The highest BCUT2D eigenvalue weighted by Crippen LogP contribution is 2.23. The maximum Gasteiger partial charge on any atom is 0.305 e. The Morgan fingerprint density at radius 3 is 2.51 bits per heavy atom. The molecule has 1 aliphatic rings. The lowest BCUT2D eigenvalue weighted by Crippen LogP contribution is -2.42. The third-order valence-corrected chi connectivity index (χ3v) is 6.48. The van der Waals surface area contributed by atoms with Gasteiger partial charge < -0.3 is 14.4 Å². The number of methoxy groups -OCH3 is 1. The Morgan fingerprint density at radius 2 is 1.83 bits per heavy atom. The van der Waals surface area contributed by atoms with Crippen LogP contribution in [0.4, 0.5) is 0 Å². The molecule has 1 aliphatic heterocycles. The van der Waals surface area contributed by atoms with Gasteiger partial charge in [0.05, 0.1) is 37.3 Å². The average molecular weight is 487 g/mol. The maximum absolute atomic E-state index is 13.4. The normalized spacial score (nSPS) is 15.3. The summed E-state index contributed by atoms with van der Waals surface area (Å²) in [5, 5.41) is 0.524. The zero-order valence-corrected chi connectivity index (χ0v) is 21.4. The standard InChI is InChI=1S/C26H38N4O5/c1-19(2)25(32)29(14-8-12-28-15-17-35-18-16-28)20(3)24-27-22-10-6-5-9-21(22)26(33)30(24)13-7-11-23(31)34-4/h5-6,9-10,19-20H,7-8,11-18H2,1-4H3. The number of ether oxygens (including phenoxy) is 2. The van der Waals surface area contributed by atoms with E-state index in [-0.39, 0.29) is 29.8 Å². The fourth-order valence-corrected chi connectivity index (χ4v) is 4.46. The molecule has 2 aromatic rings. The lowest BCUT2D eigenvalue weighted by Gasteiger charge is -2.33. The van der Waals surface area contributed by atoms with Crippen LogP contribution in [-0.4, -0.2) is 77.7 Å². The van der Waals surface area contributed by atoms with Crippen molar-refractivity contribution in [2.75, 3.05) is 46.5 Å². The predicted octanol–water partition coefficient (Wildman–Crippen LogP) is 2.62. The highest BCUT2D eigenvalue weighted by Gasteiger charge is 2.27. The number of esters is 1. The van der Waals surface area contributed by atoms with Crippen molar-refractivity contribution in [3.63, 3.8) is 0 Å². The van der Waals surface area contributed by atoms with Crippen LogP contribution in [0.15, 0.2) is 29.1 Å². The van der Waals surface area contributed by atoms with Gasteiger partial charge in [-0.2, -0.15) is 0 Å². The van der Waals surface area contributed by atoms with Crippen molar-refractivity contribution in [1.29, 1.82) is 0 Å². The van der Waals surface area contributed by atoms with E-state index in [2.05, 4.69) is 4.90 Å². The van der Waals surface area contributed by atoms with Crippen molar-refractivity contribution in [2.24, 2.45) is 5.92 Å². The van der Waals surface area contributed by atoms with Gasteiger partial charge in [-0.25, -0.2) is 4.98 Å². The van der Waals surface area contributed by atoms with E-state index in [0.717, 1.165) is 39.3 Å². The molecule has 1 aromatic heterocycles. The summed E-state index contributed by atoms with van der Waals surface area (Å²) in [5.74, 6) is 0.0730. The fraction of sp³-hybridized carbons (Fsp3) is 0.615. The minimum atomic E-state index is -0.398. The Labute approximate surface area is 207 Å². The second kappa shape index (κ2) is 12.8. The Kier molecular flexibility index (Phi) is 9.80. The van der Waals surface area contributed by atoms with Crippen LogP contribution in [0.2, 0.25) is 0 Å². The van der Waals surface area contributed by atoms with Crippen molar-refractivity contribution in [3.8, 4) is 0 Å². The van der Waals surface area contributed by atoms with Gasteiger partial charge >= 0.3 is 5.97 Å². The molecule has 0 saturated carbocycles. The fourth-order valence-electron chi connectivity index (χ4n) is 4.46. The number of benzene rings is 1. The number of amides is 1. The molecule has 0 bridgehead atoms. The lowest BCUT2D eigenvalue weighted by molar-refractivity contribution is -0.140. The van der Waals surface area contributed by atoms with Crippen LogP contribution in [0.25, 0.3) is 10.9 Å². The number of aromatic nitrogens is 2. The molecule has 0 aliphatic carbocycles. The Bertz CT molecular complexity index is 1060. The van der Waals surface area contributed by atoms with E-state index >= 15 is 0 Å². The Hall–Kier alpha value is -2.78. The number of nitrogens with zero attached hydrogens (tertiary/aromatic N) is 4. The molecule has 1 amide bonds. The molecule has 1 saturated heterocycles. The first-order valence-corrected chi connectivity index (χ1v) is 12.5. The van der Waals surface area contributed by atoms with Gasteiger partial charge in [0.25, 0.3) is 5.56 Å². The van der Waals surface area contributed by atoms with E-state index in [1.165, 1.54) is 7.11 Å². The first-order chi connectivity index (χ1) is 16.8. The topological polar surface area (TPSA) is 94.0 Å². The summed E-state index contributed by atoms with van der Waals surface area (Å²) in [6.07, 6.45) is 1.47. The van der Waals surface area contributed by atoms with Gasteiger partial charge in [0, 0.05) is 45.1 Å². The number of carbonyl (C=O) groups excluding carboxylic acids is 2. The maximum atomic E-state index is 13.4. The van der Waals surface area contributed by atoms with Gasteiger partial charge in [-0.3, -0.25) is 23.9 Å². The van der Waals surface area contributed by atoms with Crippen LogP contribution in [0, 0.1) is 5.92 Å². The number of hydrogen-bond acceptors (Lipinski definition) is 7. The van der Waals surface area contributed by atoms with Gasteiger partial charge in [-0.15, -0.1) is 0 Å². The summed E-state index contributed by atoms with van der Waals surface area (Å²) in [6.45, 7) is 10.8. The highest BCUT2D eigenvalue weighted by molar-refractivity contribution is 5.79. The molecule has 35 heavy (non-hydrogen) atoms. The Morgan fingerprint density at radius 1 is 1.11 bits per heavy atom. The van der Waals surface area contributed by atoms with Gasteiger partial charge in [0.2, 0.25) is 5.91 Å². The molecule has 9 nitrogen and oxygen atoms in total. The third kappa shape index (κ3) is 6.89. The van der Waals surface area contributed by atoms with Crippen LogP contribution in [0.5, 0.6) is 0 Å². The number of para-hydroxylation sites is 1. The van der Waals surface area contributed by atoms with E-state index in [9.17, 15) is 14.4 Å². The Balaban J connectivity index is 1.90. The zero-order valence-electron chi connectivity index (χ0n) is 21.4. The summed E-state index contributed by atoms with van der Waals surface area (Å²) in [7, 11) is 1.35. The van der Waals surface area contributed by atoms with Gasteiger partial charge in [0.15, 0.2) is 0 Å². The van der Waals surface area contributed by atoms with Crippen LogP contribution in [-0.2, 0) is 25.6 Å². The van der Waals surface area contributed by atoms with Gasteiger partial charge in [-0.05, 0) is 31.9 Å². The summed E-state index contributed by atoms with van der Waals surface area (Å²) in [6, 6.07) is 6.84. The zero-order chi connectivity index (χ0) is 25.4. The largest absolute Gasteiger partial charge is 0.469 e.